The topological polar surface area (TPSA) is 46.3 Å². The standard InChI is InChI=1S/C11H13ClN2O/c1-14-10(6-9(13)11(14)15)7-2-4-8(12)5-3-7/h2-5,9-10H,6,13H2,1H3/t9-,10+/m0/s1. The van der Waals surface area contributed by atoms with Gasteiger partial charge in [0.1, 0.15) is 0 Å². The van der Waals surface area contributed by atoms with E-state index in [1.165, 1.54) is 0 Å². The van der Waals surface area contributed by atoms with Crippen molar-refractivity contribution in [1.82, 2.24) is 4.90 Å². The Kier molecular flexibility index (Phi) is 2.67. The number of nitrogens with zero attached hydrogens (tertiary/aromatic N) is 1. The van der Waals surface area contributed by atoms with Crippen LogP contribution in [0.15, 0.2) is 24.3 Å². The fourth-order valence-electron chi connectivity index (χ4n) is 1.96. The summed E-state index contributed by atoms with van der Waals surface area (Å²) in [6, 6.07) is 7.27. The monoisotopic (exact) mass is 224 g/mol. The fraction of sp³-hybridized carbons (Fsp3) is 0.364. The molecule has 1 aromatic rings. The average molecular weight is 225 g/mol. The summed E-state index contributed by atoms with van der Waals surface area (Å²) in [5.41, 5.74) is 6.80. The Hall–Kier alpha value is -1.06. The van der Waals surface area contributed by atoms with Gasteiger partial charge in [-0.05, 0) is 24.1 Å². The van der Waals surface area contributed by atoms with Crippen molar-refractivity contribution in [1.29, 1.82) is 0 Å². The van der Waals surface area contributed by atoms with Gasteiger partial charge in [0.25, 0.3) is 0 Å². The minimum atomic E-state index is -0.365. The Morgan fingerprint density at radius 3 is 2.47 bits per heavy atom. The highest BCUT2D eigenvalue weighted by Gasteiger charge is 2.35. The number of carbonyl (C=O) groups is 1. The van der Waals surface area contributed by atoms with Crippen LogP contribution in [0.3, 0.4) is 0 Å². The molecule has 0 spiro atoms. The van der Waals surface area contributed by atoms with Crippen molar-refractivity contribution < 1.29 is 4.79 Å². The van der Waals surface area contributed by atoms with Gasteiger partial charge in [-0.3, -0.25) is 4.79 Å². The minimum absolute atomic E-state index is 0.00921. The van der Waals surface area contributed by atoms with Crippen molar-refractivity contribution in [3.8, 4) is 0 Å². The van der Waals surface area contributed by atoms with E-state index in [0.717, 1.165) is 5.56 Å². The highest BCUT2D eigenvalue weighted by molar-refractivity contribution is 6.30. The smallest absolute Gasteiger partial charge is 0.239 e. The van der Waals surface area contributed by atoms with Crippen molar-refractivity contribution >= 4 is 17.5 Å². The summed E-state index contributed by atoms with van der Waals surface area (Å²) in [4.78, 5) is 13.2. The van der Waals surface area contributed by atoms with Crippen molar-refractivity contribution in [3.05, 3.63) is 34.9 Å². The van der Waals surface area contributed by atoms with Crippen molar-refractivity contribution in [2.24, 2.45) is 5.73 Å². The van der Waals surface area contributed by atoms with E-state index in [0.29, 0.717) is 11.4 Å². The zero-order chi connectivity index (χ0) is 11.0. The molecule has 1 amide bonds. The summed E-state index contributed by atoms with van der Waals surface area (Å²) in [6.45, 7) is 0. The van der Waals surface area contributed by atoms with Crippen LogP contribution in [0.1, 0.15) is 18.0 Å². The molecule has 1 heterocycles. The number of likely N-dealkylation sites (N-methyl/N-ethyl adjacent to an activating group) is 1. The molecule has 4 heteroatoms. The van der Waals surface area contributed by atoms with Gasteiger partial charge in [0.2, 0.25) is 5.91 Å². The molecule has 0 aliphatic carbocycles. The Morgan fingerprint density at radius 1 is 1.40 bits per heavy atom. The molecule has 1 fully saturated rings. The maximum Gasteiger partial charge on any atom is 0.239 e. The first-order valence-electron chi connectivity index (χ1n) is 4.87. The van der Waals surface area contributed by atoms with Gasteiger partial charge in [-0.2, -0.15) is 0 Å². The second-order valence-corrected chi connectivity index (χ2v) is 4.30. The van der Waals surface area contributed by atoms with E-state index in [1.54, 1.807) is 11.9 Å². The molecule has 0 bridgehead atoms. The summed E-state index contributed by atoms with van der Waals surface area (Å²) >= 11 is 5.81. The van der Waals surface area contributed by atoms with Crippen LogP contribution in [0, 0.1) is 0 Å². The highest BCUT2D eigenvalue weighted by Crippen LogP contribution is 2.31. The van der Waals surface area contributed by atoms with E-state index in [9.17, 15) is 4.79 Å². The summed E-state index contributed by atoms with van der Waals surface area (Å²) in [6.07, 6.45) is 0.678. The van der Waals surface area contributed by atoms with E-state index < -0.39 is 0 Å². The van der Waals surface area contributed by atoms with E-state index in [-0.39, 0.29) is 18.0 Å². The SMILES string of the molecule is CN1C(=O)[C@@H](N)C[C@@H]1c1ccc(Cl)cc1. The van der Waals surface area contributed by atoms with Gasteiger partial charge < -0.3 is 10.6 Å². The molecule has 2 N–H and O–H groups in total. The second-order valence-electron chi connectivity index (χ2n) is 3.86. The first-order chi connectivity index (χ1) is 7.09. The molecule has 1 aromatic carbocycles. The lowest BCUT2D eigenvalue weighted by Gasteiger charge is -2.19. The number of hydrogen-bond acceptors (Lipinski definition) is 2. The average Bonchev–Trinajstić information content (AvgIpc) is 2.47. The maximum atomic E-state index is 11.5. The molecular weight excluding hydrogens is 212 g/mol. The largest absolute Gasteiger partial charge is 0.337 e. The number of halogens is 1. The van der Waals surface area contributed by atoms with Crippen LogP contribution in [0.5, 0.6) is 0 Å². The van der Waals surface area contributed by atoms with E-state index >= 15 is 0 Å². The van der Waals surface area contributed by atoms with Crippen molar-refractivity contribution in [3.63, 3.8) is 0 Å². The second kappa shape index (κ2) is 3.83. The lowest BCUT2D eigenvalue weighted by atomic mass is 10.0. The third kappa shape index (κ3) is 1.85. The Morgan fingerprint density at radius 2 is 2.00 bits per heavy atom. The summed E-state index contributed by atoms with van der Waals surface area (Å²) in [7, 11) is 1.79. The molecule has 0 aromatic heterocycles. The van der Waals surface area contributed by atoms with Gasteiger partial charge in [-0.15, -0.1) is 0 Å². The Balaban J connectivity index is 2.25. The number of rotatable bonds is 1. The molecule has 2 atom stereocenters. The van der Waals surface area contributed by atoms with Gasteiger partial charge in [-0.1, -0.05) is 23.7 Å². The van der Waals surface area contributed by atoms with E-state index in [4.69, 9.17) is 17.3 Å². The normalized spacial score (nSPS) is 26.1. The van der Waals surface area contributed by atoms with Gasteiger partial charge in [0.05, 0.1) is 12.1 Å². The quantitative estimate of drug-likeness (QED) is 0.787. The number of likely N-dealkylation sites (tertiary alicyclic amines) is 1. The zero-order valence-electron chi connectivity index (χ0n) is 8.48. The predicted octanol–water partition coefficient (Wildman–Crippen LogP) is 1.57. The molecule has 3 nitrogen and oxygen atoms in total. The third-order valence-electron chi connectivity index (χ3n) is 2.86. The highest BCUT2D eigenvalue weighted by atomic mass is 35.5. The zero-order valence-corrected chi connectivity index (χ0v) is 9.24. The molecular formula is C11H13ClN2O. The van der Waals surface area contributed by atoms with Gasteiger partial charge in [0, 0.05) is 12.1 Å². The number of benzene rings is 1. The molecule has 15 heavy (non-hydrogen) atoms. The number of carbonyl (C=O) groups excluding carboxylic acids is 1. The number of hydrogen-bond donors (Lipinski definition) is 1. The van der Waals surface area contributed by atoms with Gasteiger partial charge in [0.15, 0.2) is 0 Å². The van der Waals surface area contributed by atoms with Crippen LogP contribution in [-0.4, -0.2) is 23.9 Å². The summed E-state index contributed by atoms with van der Waals surface area (Å²) < 4.78 is 0. The minimum Gasteiger partial charge on any atom is -0.337 e. The molecule has 80 valence electrons. The molecule has 1 saturated heterocycles. The Bertz CT molecular complexity index is 377. The summed E-state index contributed by atoms with van der Waals surface area (Å²) in [5.74, 6) is 0.00921. The van der Waals surface area contributed by atoms with Crippen molar-refractivity contribution in [2.75, 3.05) is 7.05 Å². The van der Waals surface area contributed by atoms with Crippen LogP contribution in [-0.2, 0) is 4.79 Å². The molecule has 1 aliphatic heterocycles. The molecule has 1 aliphatic rings. The van der Waals surface area contributed by atoms with Gasteiger partial charge in [-0.25, -0.2) is 0 Å². The molecule has 0 saturated carbocycles. The third-order valence-corrected chi connectivity index (χ3v) is 3.12. The van der Waals surface area contributed by atoms with Crippen LogP contribution in [0.2, 0.25) is 5.02 Å². The van der Waals surface area contributed by atoms with E-state index in [2.05, 4.69) is 0 Å². The lowest BCUT2D eigenvalue weighted by molar-refractivity contribution is -0.128. The first-order valence-corrected chi connectivity index (χ1v) is 5.25. The van der Waals surface area contributed by atoms with Crippen LogP contribution >= 0.6 is 11.6 Å². The lowest BCUT2D eigenvalue weighted by Crippen LogP contribution is -2.31. The summed E-state index contributed by atoms with van der Waals surface area (Å²) in [5, 5.41) is 0.704. The molecule has 2 rings (SSSR count). The van der Waals surface area contributed by atoms with E-state index in [1.807, 2.05) is 24.3 Å². The number of nitrogens with two attached hydrogens (primary N) is 1. The predicted molar refractivity (Wildman–Crippen MR) is 59.6 cm³/mol. The first kappa shape index (κ1) is 10.5. The van der Waals surface area contributed by atoms with Crippen LogP contribution in [0.25, 0.3) is 0 Å². The van der Waals surface area contributed by atoms with Crippen LogP contribution in [0.4, 0.5) is 0 Å². The Labute approximate surface area is 93.8 Å². The number of amides is 1. The molecule has 0 unspecified atom stereocenters. The van der Waals surface area contributed by atoms with Gasteiger partial charge >= 0.3 is 0 Å². The maximum absolute atomic E-state index is 11.5. The molecule has 0 radical (unpaired) electrons. The van der Waals surface area contributed by atoms with Crippen LogP contribution < -0.4 is 5.73 Å². The van der Waals surface area contributed by atoms with Crippen molar-refractivity contribution in [2.45, 2.75) is 18.5 Å². The fourth-order valence-corrected chi connectivity index (χ4v) is 2.09.